The number of aromatic nitrogens is 2. The lowest BCUT2D eigenvalue weighted by Gasteiger charge is -2.17. The van der Waals surface area contributed by atoms with Crippen molar-refractivity contribution in [3.63, 3.8) is 0 Å². The second kappa shape index (κ2) is 2.68. The number of hydrogen-bond acceptors (Lipinski definition) is 5. The molecule has 7 heteroatoms. The Morgan fingerprint density at radius 3 is 3.14 bits per heavy atom. The van der Waals surface area contributed by atoms with Gasteiger partial charge in [0.15, 0.2) is 5.60 Å². The number of fused-ring (bicyclic) bond motifs is 1. The van der Waals surface area contributed by atoms with Crippen LogP contribution in [0.1, 0.15) is 6.92 Å². The van der Waals surface area contributed by atoms with Gasteiger partial charge in [0.2, 0.25) is 0 Å². The zero-order valence-corrected chi connectivity index (χ0v) is 7.51. The maximum atomic E-state index is 10.4. The summed E-state index contributed by atoms with van der Waals surface area (Å²) >= 11 is 0. The van der Waals surface area contributed by atoms with Crippen molar-refractivity contribution in [1.82, 2.24) is 9.55 Å². The zero-order valence-electron chi connectivity index (χ0n) is 7.51. The molecule has 0 radical (unpaired) electrons. The first kappa shape index (κ1) is 8.95. The zero-order chi connectivity index (χ0) is 10.3. The Labute approximate surface area is 79.1 Å². The van der Waals surface area contributed by atoms with Gasteiger partial charge in [-0.2, -0.15) is 0 Å². The average molecular weight is 199 g/mol. The van der Waals surface area contributed by atoms with Crippen LogP contribution in [0.2, 0.25) is 0 Å². The van der Waals surface area contributed by atoms with Gasteiger partial charge in [0.05, 0.1) is 13.2 Å². The standard InChI is InChI=1S/C7H9N3O4/c1-7(4-11)3-9-2-5(10(12)13)8-6(9)14-7/h2,11H,3-4H2,1H3/t7-/m0/s1. The van der Waals surface area contributed by atoms with Crippen LogP contribution in [0, 0.1) is 10.1 Å². The Morgan fingerprint density at radius 1 is 1.93 bits per heavy atom. The molecule has 0 aromatic carbocycles. The van der Waals surface area contributed by atoms with Crippen LogP contribution in [0.5, 0.6) is 6.01 Å². The maximum absolute atomic E-state index is 10.4. The average Bonchev–Trinajstić information content (AvgIpc) is 2.59. The molecular formula is C7H9N3O4. The highest BCUT2D eigenvalue weighted by Crippen LogP contribution is 2.30. The number of aliphatic hydroxyl groups is 1. The summed E-state index contributed by atoms with van der Waals surface area (Å²) in [6, 6.07) is 0.188. The van der Waals surface area contributed by atoms with Gasteiger partial charge in [-0.25, -0.2) is 0 Å². The number of aliphatic hydroxyl groups excluding tert-OH is 1. The molecule has 0 amide bonds. The van der Waals surface area contributed by atoms with Crippen LogP contribution in [0.15, 0.2) is 6.20 Å². The summed E-state index contributed by atoms with van der Waals surface area (Å²) < 4.78 is 6.79. The minimum absolute atomic E-state index is 0.149. The molecule has 1 aromatic rings. The molecule has 1 aliphatic heterocycles. The third kappa shape index (κ3) is 1.22. The van der Waals surface area contributed by atoms with Gasteiger partial charge in [0.25, 0.3) is 0 Å². The Balaban J connectivity index is 2.28. The fourth-order valence-corrected chi connectivity index (χ4v) is 1.36. The lowest BCUT2D eigenvalue weighted by Crippen LogP contribution is -2.35. The van der Waals surface area contributed by atoms with E-state index >= 15 is 0 Å². The van der Waals surface area contributed by atoms with Gasteiger partial charge in [0, 0.05) is 4.98 Å². The fourth-order valence-electron chi connectivity index (χ4n) is 1.36. The van der Waals surface area contributed by atoms with E-state index in [0.717, 1.165) is 0 Å². The molecule has 0 saturated carbocycles. The van der Waals surface area contributed by atoms with Crippen molar-refractivity contribution < 1.29 is 14.8 Å². The van der Waals surface area contributed by atoms with Gasteiger partial charge >= 0.3 is 11.8 Å². The van der Waals surface area contributed by atoms with Crippen molar-refractivity contribution in [1.29, 1.82) is 0 Å². The molecule has 1 aliphatic rings. The molecule has 2 rings (SSSR count). The van der Waals surface area contributed by atoms with Crippen molar-refractivity contribution in [3.05, 3.63) is 16.3 Å². The van der Waals surface area contributed by atoms with Crippen molar-refractivity contribution in [2.45, 2.75) is 19.1 Å². The molecule has 0 saturated heterocycles. The summed E-state index contributed by atoms with van der Waals surface area (Å²) in [6.45, 7) is 1.94. The summed E-state index contributed by atoms with van der Waals surface area (Å²) in [7, 11) is 0. The normalized spacial score (nSPS) is 24.4. The number of imidazole rings is 1. The van der Waals surface area contributed by atoms with Crippen LogP contribution in [0.25, 0.3) is 0 Å². The molecule has 1 aromatic heterocycles. The van der Waals surface area contributed by atoms with Gasteiger partial charge < -0.3 is 20.0 Å². The highest BCUT2D eigenvalue weighted by molar-refractivity contribution is 5.23. The number of ether oxygens (including phenoxy) is 1. The van der Waals surface area contributed by atoms with Crippen LogP contribution in [-0.2, 0) is 6.54 Å². The van der Waals surface area contributed by atoms with E-state index in [1.807, 2.05) is 0 Å². The molecule has 1 atom stereocenters. The highest BCUT2D eigenvalue weighted by atomic mass is 16.6. The molecule has 0 fully saturated rings. The molecule has 1 N–H and O–H groups in total. The second-order valence-electron chi connectivity index (χ2n) is 3.48. The predicted molar refractivity (Wildman–Crippen MR) is 45.0 cm³/mol. The molecule has 14 heavy (non-hydrogen) atoms. The van der Waals surface area contributed by atoms with Gasteiger partial charge in [-0.1, -0.05) is 0 Å². The summed E-state index contributed by atoms with van der Waals surface area (Å²) in [5.74, 6) is -0.236. The number of nitro groups is 1. The molecule has 0 spiro atoms. The van der Waals surface area contributed by atoms with E-state index in [2.05, 4.69) is 4.98 Å². The van der Waals surface area contributed by atoms with E-state index < -0.39 is 10.5 Å². The summed E-state index contributed by atoms with van der Waals surface area (Å²) in [6.07, 6.45) is 1.30. The molecule has 2 heterocycles. The van der Waals surface area contributed by atoms with E-state index in [0.29, 0.717) is 6.54 Å². The number of rotatable bonds is 2. The summed E-state index contributed by atoms with van der Waals surface area (Å²) in [5, 5.41) is 19.4. The van der Waals surface area contributed by atoms with Gasteiger partial charge in [-0.15, -0.1) is 0 Å². The van der Waals surface area contributed by atoms with Crippen LogP contribution in [0.3, 0.4) is 0 Å². The van der Waals surface area contributed by atoms with Crippen LogP contribution in [-0.4, -0.2) is 31.8 Å². The van der Waals surface area contributed by atoms with Crippen molar-refractivity contribution in [2.24, 2.45) is 0 Å². The van der Waals surface area contributed by atoms with Gasteiger partial charge in [0.1, 0.15) is 6.20 Å². The van der Waals surface area contributed by atoms with E-state index in [1.54, 1.807) is 6.92 Å². The monoisotopic (exact) mass is 199 g/mol. The van der Waals surface area contributed by atoms with E-state index in [4.69, 9.17) is 9.84 Å². The minimum atomic E-state index is -0.711. The molecule has 0 unspecified atom stereocenters. The first-order valence-corrected chi connectivity index (χ1v) is 4.05. The first-order chi connectivity index (χ1) is 6.54. The van der Waals surface area contributed by atoms with Gasteiger partial charge in [-0.05, 0) is 11.8 Å². The van der Waals surface area contributed by atoms with Crippen LogP contribution >= 0.6 is 0 Å². The van der Waals surface area contributed by atoms with Crippen molar-refractivity contribution in [3.8, 4) is 6.01 Å². The smallest absolute Gasteiger partial charge is 0.415 e. The molecule has 0 bridgehead atoms. The van der Waals surface area contributed by atoms with Crippen molar-refractivity contribution in [2.75, 3.05) is 6.61 Å². The fraction of sp³-hybridized carbons (Fsp3) is 0.571. The lowest BCUT2D eigenvalue weighted by molar-refractivity contribution is -0.389. The lowest BCUT2D eigenvalue weighted by atomic mass is 10.1. The topological polar surface area (TPSA) is 90.4 Å². The maximum Gasteiger partial charge on any atom is 0.415 e. The number of hydrogen-bond donors (Lipinski definition) is 1. The Bertz CT molecular complexity index is 363. The largest absolute Gasteiger partial charge is 0.435 e. The van der Waals surface area contributed by atoms with E-state index in [1.165, 1.54) is 10.8 Å². The summed E-state index contributed by atoms with van der Waals surface area (Å²) in [4.78, 5) is 13.4. The summed E-state index contributed by atoms with van der Waals surface area (Å²) in [5.41, 5.74) is -0.711. The Kier molecular flexibility index (Phi) is 1.71. The van der Waals surface area contributed by atoms with Crippen molar-refractivity contribution >= 4 is 5.82 Å². The third-order valence-electron chi connectivity index (χ3n) is 2.09. The van der Waals surface area contributed by atoms with Gasteiger partial charge in [-0.3, -0.25) is 4.57 Å². The third-order valence-corrected chi connectivity index (χ3v) is 2.09. The minimum Gasteiger partial charge on any atom is -0.435 e. The Hall–Kier alpha value is -1.63. The molecular weight excluding hydrogens is 190 g/mol. The SMILES string of the molecule is C[C@@]1(CO)Cn2cc([N+](=O)[O-])nc2O1. The molecule has 0 aliphatic carbocycles. The van der Waals surface area contributed by atoms with Crippen LogP contribution in [0.4, 0.5) is 5.82 Å². The Morgan fingerprint density at radius 2 is 2.64 bits per heavy atom. The predicted octanol–water partition coefficient (Wildman–Crippen LogP) is -0.0653. The number of nitrogens with zero attached hydrogens (tertiary/aromatic N) is 3. The quantitative estimate of drug-likeness (QED) is 0.532. The molecule has 76 valence electrons. The van der Waals surface area contributed by atoms with Crippen LogP contribution < -0.4 is 4.74 Å². The van der Waals surface area contributed by atoms with E-state index in [9.17, 15) is 10.1 Å². The second-order valence-corrected chi connectivity index (χ2v) is 3.48. The van der Waals surface area contributed by atoms with E-state index in [-0.39, 0.29) is 18.4 Å². The highest BCUT2D eigenvalue weighted by Gasteiger charge is 2.39. The first-order valence-electron chi connectivity index (χ1n) is 4.05. The molecule has 7 nitrogen and oxygen atoms in total.